The van der Waals surface area contributed by atoms with Crippen LogP contribution in [0.4, 0.5) is 11.4 Å². The Hall–Kier alpha value is -2.36. The van der Waals surface area contributed by atoms with Gasteiger partial charge in [-0.15, -0.1) is 0 Å². The Kier molecular flexibility index (Phi) is 11.1. The lowest BCUT2D eigenvalue weighted by Crippen LogP contribution is -1.92. The SMILES string of the molecule is CCC.CNc1cnccc1C.Cc1ccc(NC=O)cc1. The van der Waals surface area contributed by atoms with E-state index in [1.807, 2.05) is 57.4 Å². The second-order valence-electron chi connectivity index (χ2n) is 4.78. The lowest BCUT2D eigenvalue weighted by Gasteiger charge is -2.00. The monoisotopic (exact) mass is 301 g/mol. The van der Waals surface area contributed by atoms with Crippen LogP contribution in [0.25, 0.3) is 0 Å². The van der Waals surface area contributed by atoms with E-state index in [4.69, 9.17) is 0 Å². The molecule has 1 aromatic carbocycles. The summed E-state index contributed by atoms with van der Waals surface area (Å²) >= 11 is 0. The molecule has 0 saturated carbocycles. The van der Waals surface area contributed by atoms with E-state index in [1.54, 1.807) is 6.20 Å². The summed E-state index contributed by atoms with van der Waals surface area (Å²) in [5.41, 5.74) is 4.35. The molecule has 4 nitrogen and oxygen atoms in total. The molecule has 0 atom stereocenters. The molecule has 0 aliphatic carbocycles. The number of pyridine rings is 1. The molecule has 22 heavy (non-hydrogen) atoms. The maximum absolute atomic E-state index is 9.95. The van der Waals surface area contributed by atoms with Crippen molar-refractivity contribution in [2.24, 2.45) is 0 Å². The van der Waals surface area contributed by atoms with Gasteiger partial charge in [-0.3, -0.25) is 9.78 Å². The van der Waals surface area contributed by atoms with Gasteiger partial charge in [0.05, 0.1) is 11.9 Å². The average molecular weight is 301 g/mol. The van der Waals surface area contributed by atoms with Crippen LogP contribution in [-0.2, 0) is 4.79 Å². The van der Waals surface area contributed by atoms with Crippen molar-refractivity contribution in [1.29, 1.82) is 0 Å². The highest BCUT2D eigenvalue weighted by Gasteiger charge is 1.89. The molecule has 0 fully saturated rings. The molecule has 0 radical (unpaired) electrons. The molecule has 2 N–H and O–H groups in total. The highest BCUT2D eigenvalue weighted by atomic mass is 16.1. The van der Waals surface area contributed by atoms with Crippen LogP contribution in [0.3, 0.4) is 0 Å². The molecule has 0 aliphatic rings. The van der Waals surface area contributed by atoms with Crippen LogP contribution >= 0.6 is 0 Å². The molecule has 120 valence electrons. The van der Waals surface area contributed by atoms with Gasteiger partial charge in [-0.25, -0.2) is 0 Å². The Bertz CT molecular complexity index is 524. The van der Waals surface area contributed by atoms with Crippen LogP contribution in [0.2, 0.25) is 0 Å². The minimum atomic E-state index is 0.671. The number of aromatic nitrogens is 1. The Labute approximate surface area is 134 Å². The molecule has 0 unspecified atom stereocenters. The molecule has 2 rings (SSSR count). The minimum absolute atomic E-state index is 0.671. The van der Waals surface area contributed by atoms with Crippen molar-refractivity contribution in [2.45, 2.75) is 34.1 Å². The van der Waals surface area contributed by atoms with Crippen LogP contribution in [0, 0.1) is 13.8 Å². The van der Waals surface area contributed by atoms with E-state index < -0.39 is 0 Å². The molecule has 0 spiro atoms. The molecule has 1 aromatic heterocycles. The standard InChI is InChI=1S/C8H9NO.C7H10N2.C3H8/c1-7-2-4-8(5-3-7)9-6-10;1-6-3-4-9-5-7(6)8-2;1-3-2/h2-6H,1H3,(H,9,10);3-5,8H,1-2H3;3H2,1-2H3. The molecule has 1 heterocycles. The van der Waals surface area contributed by atoms with Crippen molar-refractivity contribution >= 4 is 17.8 Å². The number of hydrogen-bond acceptors (Lipinski definition) is 3. The summed E-state index contributed by atoms with van der Waals surface area (Å²) in [6, 6.07) is 9.61. The first-order valence-corrected chi connectivity index (χ1v) is 7.44. The maximum atomic E-state index is 9.95. The van der Waals surface area contributed by atoms with Crippen molar-refractivity contribution in [3.05, 3.63) is 53.9 Å². The summed E-state index contributed by atoms with van der Waals surface area (Å²) in [7, 11) is 1.89. The first-order chi connectivity index (χ1) is 10.6. The first-order valence-electron chi connectivity index (χ1n) is 7.44. The fourth-order valence-corrected chi connectivity index (χ4v) is 1.44. The van der Waals surface area contributed by atoms with E-state index in [0.29, 0.717) is 6.41 Å². The van der Waals surface area contributed by atoms with Gasteiger partial charge in [0.25, 0.3) is 0 Å². The Morgan fingerprint density at radius 3 is 2.09 bits per heavy atom. The van der Waals surface area contributed by atoms with Crippen molar-refractivity contribution < 1.29 is 4.79 Å². The number of amides is 1. The van der Waals surface area contributed by atoms with Gasteiger partial charge in [0.15, 0.2) is 0 Å². The van der Waals surface area contributed by atoms with Gasteiger partial charge < -0.3 is 10.6 Å². The number of anilines is 2. The number of aryl methyl sites for hydroxylation is 2. The van der Waals surface area contributed by atoms with Crippen molar-refractivity contribution in [3.8, 4) is 0 Å². The van der Waals surface area contributed by atoms with Gasteiger partial charge in [-0.05, 0) is 37.6 Å². The number of carbonyl (C=O) groups excluding carboxylic acids is 1. The zero-order chi connectivity index (χ0) is 16.8. The fraction of sp³-hybridized carbons (Fsp3) is 0.333. The average Bonchev–Trinajstić information content (AvgIpc) is 2.52. The van der Waals surface area contributed by atoms with Gasteiger partial charge >= 0.3 is 0 Å². The normalized spacial score (nSPS) is 8.59. The fourth-order valence-electron chi connectivity index (χ4n) is 1.44. The van der Waals surface area contributed by atoms with Crippen LogP contribution < -0.4 is 10.6 Å². The largest absolute Gasteiger partial charge is 0.387 e. The molecule has 4 heteroatoms. The predicted octanol–water partition coefficient (Wildman–Crippen LogP) is 4.41. The maximum Gasteiger partial charge on any atom is 0.211 e. The summed E-state index contributed by atoms with van der Waals surface area (Å²) in [6.07, 6.45) is 5.52. The molecular formula is C18H27N3O. The third-order valence-corrected chi connectivity index (χ3v) is 2.59. The number of carbonyl (C=O) groups is 1. The predicted molar refractivity (Wildman–Crippen MR) is 95.4 cm³/mol. The summed E-state index contributed by atoms with van der Waals surface area (Å²) in [5, 5.41) is 5.59. The molecular weight excluding hydrogens is 274 g/mol. The number of benzene rings is 1. The molecule has 0 saturated heterocycles. The number of rotatable bonds is 3. The highest BCUT2D eigenvalue weighted by molar-refractivity contribution is 5.70. The van der Waals surface area contributed by atoms with E-state index in [9.17, 15) is 4.79 Å². The molecule has 0 bridgehead atoms. The van der Waals surface area contributed by atoms with E-state index in [0.717, 1.165) is 11.4 Å². The van der Waals surface area contributed by atoms with Crippen LogP contribution in [-0.4, -0.2) is 18.4 Å². The third-order valence-electron chi connectivity index (χ3n) is 2.59. The van der Waals surface area contributed by atoms with Crippen LogP contribution in [0.5, 0.6) is 0 Å². The van der Waals surface area contributed by atoms with Gasteiger partial charge in [-0.1, -0.05) is 38.0 Å². The van der Waals surface area contributed by atoms with Crippen LogP contribution in [0.15, 0.2) is 42.7 Å². The first kappa shape index (κ1) is 19.6. The summed E-state index contributed by atoms with van der Waals surface area (Å²) in [6.45, 7) is 8.30. The van der Waals surface area contributed by atoms with Gasteiger partial charge in [0.1, 0.15) is 0 Å². The van der Waals surface area contributed by atoms with E-state index >= 15 is 0 Å². The van der Waals surface area contributed by atoms with Crippen LogP contribution in [0.1, 0.15) is 31.4 Å². The molecule has 0 aliphatic heterocycles. The second-order valence-corrected chi connectivity index (χ2v) is 4.78. The Morgan fingerprint density at radius 2 is 1.68 bits per heavy atom. The summed E-state index contributed by atoms with van der Waals surface area (Å²) in [4.78, 5) is 13.9. The minimum Gasteiger partial charge on any atom is -0.387 e. The van der Waals surface area contributed by atoms with Crippen molar-refractivity contribution in [3.63, 3.8) is 0 Å². The van der Waals surface area contributed by atoms with Gasteiger partial charge in [-0.2, -0.15) is 0 Å². The summed E-state index contributed by atoms with van der Waals surface area (Å²) < 4.78 is 0. The Morgan fingerprint density at radius 1 is 1.09 bits per heavy atom. The quantitative estimate of drug-likeness (QED) is 0.826. The molecule has 1 amide bonds. The smallest absolute Gasteiger partial charge is 0.211 e. The Balaban J connectivity index is 0.000000342. The zero-order valence-corrected chi connectivity index (χ0v) is 14.2. The zero-order valence-electron chi connectivity index (χ0n) is 14.2. The van der Waals surface area contributed by atoms with Gasteiger partial charge in [0.2, 0.25) is 6.41 Å². The van der Waals surface area contributed by atoms with E-state index in [2.05, 4.69) is 29.5 Å². The lowest BCUT2D eigenvalue weighted by atomic mass is 10.2. The molecule has 2 aromatic rings. The van der Waals surface area contributed by atoms with Crippen molar-refractivity contribution in [1.82, 2.24) is 4.98 Å². The van der Waals surface area contributed by atoms with Gasteiger partial charge in [0, 0.05) is 18.9 Å². The topological polar surface area (TPSA) is 54.0 Å². The summed E-state index contributed by atoms with van der Waals surface area (Å²) in [5.74, 6) is 0. The second kappa shape index (κ2) is 12.4. The number of nitrogens with one attached hydrogen (secondary N) is 2. The highest BCUT2D eigenvalue weighted by Crippen LogP contribution is 2.09. The third kappa shape index (κ3) is 8.74. The lowest BCUT2D eigenvalue weighted by molar-refractivity contribution is -0.105. The number of hydrogen-bond donors (Lipinski definition) is 2. The van der Waals surface area contributed by atoms with E-state index in [-0.39, 0.29) is 0 Å². The number of nitrogens with zero attached hydrogens (tertiary/aromatic N) is 1. The van der Waals surface area contributed by atoms with Crippen molar-refractivity contribution in [2.75, 3.05) is 17.7 Å². The van der Waals surface area contributed by atoms with E-state index in [1.165, 1.54) is 17.5 Å².